The quantitative estimate of drug-likeness (QED) is 0.590. The number of carbonyl (C=O) groups is 2. The number of esters is 1. The Hall–Kier alpha value is -3.21. The fourth-order valence-corrected chi connectivity index (χ4v) is 3.48. The molecule has 0 saturated heterocycles. The van der Waals surface area contributed by atoms with E-state index < -0.39 is 5.97 Å². The predicted octanol–water partition coefficient (Wildman–Crippen LogP) is 5.16. The van der Waals surface area contributed by atoms with Crippen LogP contribution in [0.25, 0.3) is 10.9 Å². The molecule has 29 heavy (non-hydrogen) atoms. The highest BCUT2D eigenvalue weighted by Crippen LogP contribution is 2.26. The summed E-state index contributed by atoms with van der Waals surface area (Å²) in [6.07, 6.45) is 0.968. The molecule has 0 aliphatic heterocycles. The van der Waals surface area contributed by atoms with Gasteiger partial charge in [-0.1, -0.05) is 50.2 Å². The molecule has 3 rings (SSSR count). The van der Waals surface area contributed by atoms with Crippen molar-refractivity contribution < 1.29 is 14.3 Å². The summed E-state index contributed by atoms with van der Waals surface area (Å²) in [4.78, 5) is 29.5. The Labute approximate surface area is 171 Å². The number of hydrogen-bond donors (Lipinski definition) is 1. The van der Waals surface area contributed by atoms with E-state index in [2.05, 4.69) is 24.1 Å². The average molecular weight is 390 g/mol. The van der Waals surface area contributed by atoms with Crippen molar-refractivity contribution in [1.29, 1.82) is 0 Å². The molecule has 0 radical (unpaired) electrons. The number of hydrogen-bond acceptors (Lipinski definition) is 4. The molecule has 1 atom stereocenters. The molecule has 0 spiro atoms. The zero-order valence-electron chi connectivity index (χ0n) is 17.3. The fourth-order valence-electron chi connectivity index (χ4n) is 3.48. The largest absolute Gasteiger partial charge is 0.452 e. The van der Waals surface area contributed by atoms with Crippen molar-refractivity contribution in [3.8, 4) is 0 Å². The lowest BCUT2D eigenvalue weighted by Crippen LogP contribution is -2.22. The SMILES string of the molecule is CC[C@H](C)c1ccccc1NC(=O)COC(=O)c1c(C)nc2ccccc2c1C. The summed E-state index contributed by atoms with van der Waals surface area (Å²) < 4.78 is 5.31. The Morgan fingerprint density at radius 2 is 1.76 bits per heavy atom. The maximum atomic E-state index is 12.7. The molecular weight excluding hydrogens is 364 g/mol. The van der Waals surface area contributed by atoms with E-state index in [9.17, 15) is 9.59 Å². The lowest BCUT2D eigenvalue weighted by Gasteiger charge is -2.16. The number of benzene rings is 2. The van der Waals surface area contributed by atoms with Crippen LogP contribution in [0.3, 0.4) is 0 Å². The first-order valence-corrected chi connectivity index (χ1v) is 9.84. The molecule has 5 nitrogen and oxygen atoms in total. The van der Waals surface area contributed by atoms with Gasteiger partial charge in [-0.25, -0.2) is 4.79 Å². The van der Waals surface area contributed by atoms with Crippen LogP contribution < -0.4 is 5.32 Å². The number of fused-ring (bicyclic) bond motifs is 1. The Balaban J connectivity index is 1.72. The molecule has 0 unspecified atom stereocenters. The second-order valence-electron chi connectivity index (χ2n) is 7.24. The zero-order valence-corrected chi connectivity index (χ0v) is 17.3. The molecule has 3 aromatic rings. The monoisotopic (exact) mass is 390 g/mol. The summed E-state index contributed by atoms with van der Waals surface area (Å²) in [5.74, 6) is -0.579. The molecular formula is C24H26N2O3. The van der Waals surface area contributed by atoms with Crippen LogP contribution in [0.1, 0.15) is 53.4 Å². The second kappa shape index (κ2) is 8.86. The molecule has 0 saturated carbocycles. The van der Waals surface area contributed by atoms with Gasteiger partial charge in [-0.3, -0.25) is 9.78 Å². The maximum absolute atomic E-state index is 12.7. The van der Waals surface area contributed by atoms with Crippen LogP contribution in [0.15, 0.2) is 48.5 Å². The molecule has 5 heteroatoms. The molecule has 0 aliphatic rings. The normalized spacial score (nSPS) is 11.9. The minimum absolute atomic E-state index is 0.322. The molecule has 1 N–H and O–H groups in total. The number of nitrogens with zero attached hydrogens (tertiary/aromatic N) is 1. The molecule has 2 aromatic carbocycles. The van der Waals surface area contributed by atoms with E-state index in [0.717, 1.165) is 34.1 Å². The van der Waals surface area contributed by atoms with Gasteiger partial charge in [0.05, 0.1) is 16.8 Å². The maximum Gasteiger partial charge on any atom is 0.340 e. The van der Waals surface area contributed by atoms with Crippen LogP contribution in [0, 0.1) is 13.8 Å². The van der Waals surface area contributed by atoms with Crippen molar-refractivity contribution in [2.24, 2.45) is 0 Å². The summed E-state index contributed by atoms with van der Waals surface area (Å²) in [6, 6.07) is 15.3. The van der Waals surface area contributed by atoms with Crippen LogP contribution in [-0.4, -0.2) is 23.5 Å². The Bertz CT molecular complexity index is 1060. The summed E-state index contributed by atoms with van der Waals surface area (Å²) in [5.41, 5.74) is 4.46. The summed E-state index contributed by atoms with van der Waals surface area (Å²) in [6.45, 7) is 7.52. The third kappa shape index (κ3) is 4.45. The Morgan fingerprint density at radius 3 is 2.52 bits per heavy atom. The molecule has 1 aromatic heterocycles. The van der Waals surface area contributed by atoms with Crippen molar-refractivity contribution in [1.82, 2.24) is 4.98 Å². The van der Waals surface area contributed by atoms with Crippen molar-refractivity contribution in [3.05, 3.63) is 70.9 Å². The van der Waals surface area contributed by atoms with Crippen LogP contribution in [-0.2, 0) is 9.53 Å². The number of para-hydroxylation sites is 2. The molecule has 0 aliphatic carbocycles. The summed E-state index contributed by atoms with van der Waals surface area (Å²) in [5, 5.41) is 3.76. The van der Waals surface area contributed by atoms with E-state index in [1.165, 1.54) is 0 Å². The standard InChI is InChI=1S/C24H26N2O3/c1-5-15(2)18-10-6-8-12-20(18)26-22(27)14-29-24(28)23-16(3)19-11-7-9-13-21(19)25-17(23)4/h6-13,15H,5,14H2,1-4H3,(H,26,27)/t15-/m0/s1. The van der Waals surface area contributed by atoms with Gasteiger partial charge in [0, 0.05) is 11.1 Å². The van der Waals surface area contributed by atoms with Gasteiger partial charge >= 0.3 is 5.97 Å². The van der Waals surface area contributed by atoms with E-state index in [1.54, 1.807) is 6.92 Å². The van der Waals surface area contributed by atoms with Gasteiger partial charge < -0.3 is 10.1 Å². The third-order valence-corrected chi connectivity index (χ3v) is 5.25. The van der Waals surface area contributed by atoms with E-state index in [-0.39, 0.29) is 12.5 Å². The fraction of sp³-hybridized carbons (Fsp3) is 0.292. The molecule has 150 valence electrons. The van der Waals surface area contributed by atoms with Gasteiger partial charge in [-0.2, -0.15) is 0 Å². The van der Waals surface area contributed by atoms with Gasteiger partial charge in [-0.05, 0) is 49.4 Å². The minimum Gasteiger partial charge on any atom is -0.452 e. The molecule has 0 bridgehead atoms. The van der Waals surface area contributed by atoms with Crippen LogP contribution in [0.5, 0.6) is 0 Å². The lowest BCUT2D eigenvalue weighted by atomic mass is 9.97. The van der Waals surface area contributed by atoms with E-state index >= 15 is 0 Å². The Kier molecular flexibility index (Phi) is 6.27. The van der Waals surface area contributed by atoms with Crippen molar-refractivity contribution in [2.75, 3.05) is 11.9 Å². The molecule has 0 fully saturated rings. The Morgan fingerprint density at radius 1 is 1.07 bits per heavy atom. The average Bonchev–Trinajstić information content (AvgIpc) is 2.72. The number of anilines is 1. The number of rotatable bonds is 6. The zero-order chi connectivity index (χ0) is 21.0. The van der Waals surface area contributed by atoms with Gasteiger partial charge in [0.25, 0.3) is 5.91 Å². The number of carbonyl (C=O) groups excluding carboxylic acids is 2. The number of nitrogens with one attached hydrogen (secondary N) is 1. The van der Waals surface area contributed by atoms with E-state index in [4.69, 9.17) is 4.74 Å². The highest BCUT2D eigenvalue weighted by Gasteiger charge is 2.19. The van der Waals surface area contributed by atoms with Gasteiger partial charge in [-0.15, -0.1) is 0 Å². The van der Waals surface area contributed by atoms with E-state index in [1.807, 2.05) is 55.5 Å². The van der Waals surface area contributed by atoms with Crippen LogP contribution in [0.2, 0.25) is 0 Å². The number of amides is 1. The van der Waals surface area contributed by atoms with E-state index in [0.29, 0.717) is 17.2 Å². The summed E-state index contributed by atoms with van der Waals surface area (Å²) >= 11 is 0. The number of pyridine rings is 1. The predicted molar refractivity (Wildman–Crippen MR) is 115 cm³/mol. The lowest BCUT2D eigenvalue weighted by molar-refractivity contribution is -0.119. The molecule has 1 amide bonds. The highest BCUT2D eigenvalue weighted by molar-refractivity contribution is 6.00. The highest BCUT2D eigenvalue weighted by atomic mass is 16.5. The number of aryl methyl sites for hydroxylation is 2. The number of aromatic nitrogens is 1. The number of ether oxygens (including phenoxy) is 1. The third-order valence-electron chi connectivity index (χ3n) is 5.25. The van der Waals surface area contributed by atoms with Gasteiger partial charge in [0.1, 0.15) is 0 Å². The van der Waals surface area contributed by atoms with Crippen LogP contribution >= 0.6 is 0 Å². The summed E-state index contributed by atoms with van der Waals surface area (Å²) in [7, 11) is 0. The second-order valence-corrected chi connectivity index (χ2v) is 7.24. The minimum atomic E-state index is -0.538. The molecule has 1 heterocycles. The van der Waals surface area contributed by atoms with Crippen molar-refractivity contribution in [3.63, 3.8) is 0 Å². The smallest absolute Gasteiger partial charge is 0.340 e. The topological polar surface area (TPSA) is 68.3 Å². The van der Waals surface area contributed by atoms with Crippen LogP contribution in [0.4, 0.5) is 5.69 Å². The first-order chi connectivity index (χ1) is 13.9. The van der Waals surface area contributed by atoms with Gasteiger partial charge in [0.2, 0.25) is 0 Å². The first kappa shape index (κ1) is 20.5. The van der Waals surface area contributed by atoms with Crippen molar-refractivity contribution in [2.45, 2.75) is 40.0 Å². The first-order valence-electron chi connectivity index (χ1n) is 9.84. The van der Waals surface area contributed by atoms with Gasteiger partial charge in [0.15, 0.2) is 6.61 Å². The van der Waals surface area contributed by atoms with Crippen molar-refractivity contribution >= 4 is 28.5 Å².